The van der Waals surface area contributed by atoms with E-state index in [-0.39, 0.29) is 0 Å². The largest absolute Gasteiger partial charge is 0.597 e. The maximum absolute atomic E-state index is 11.9. The van der Waals surface area contributed by atoms with Gasteiger partial charge in [-0.2, -0.15) is 0 Å². The first kappa shape index (κ1) is 11.6. The Kier molecular flexibility index (Phi) is 3.73. The van der Waals surface area contributed by atoms with Crippen molar-refractivity contribution in [1.82, 2.24) is 0 Å². The van der Waals surface area contributed by atoms with Crippen LogP contribution in [0.5, 0.6) is 11.5 Å². The molecule has 0 saturated heterocycles. The SMILES string of the molecule is COc1ccc([P+](=O)Oc2ccccc2)cc1. The average Bonchev–Trinajstić information content (AvgIpc) is 2.40. The van der Waals surface area contributed by atoms with Gasteiger partial charge in [0, 0.05) is 0 Å². The molecule has 0 radical (unpaired) electrons. The van der Waals surface area contributed by atoms with Crippen LogP contribution in [0.25, 0.3) is 0 Å². The van der Waals surface area contributed by atoms with Gasteiger partial charge in [-0.25, -0.2) is 0 Å². The van der Waals surface area contributed by atoms with Crippen LogP contribution in [0.3, 0.4) is 0 Å². The molecule has 0 saturated carbocycles. The summed E-state index contributed by atoms with van der Waals surface area (Å²) in [5, 5.41) is 0.643. The minimum absolute atomic E-state index is 0.601. The smallest absolute Gasteiger partial charge is 0.497 e. The summed E-state index contributed by atoms with van der Waals surface area (Å²) in [7, 11) is -0.282. The van der Waals surface area contributed by atoms with Crippen molar-refractivity contribution in [3.63, 3.8) is 0 Å². The third kappa shape index (κ3) is 3.05. The molecule has 0 aliphatic heterocycles. The van der Waals surface area contributed by atoms with Crippen molar-refractivity contribution in [3.8, 4) is 11.5 Å². The van der Waals surface area contributed by atoms with Crippen molar-refractivity contribution in [2.75, 3.05) is 7.11 Å². The number of hydrogen-bond acceptors (Lipinski definition) is 3. The first-order valence-electron chi connectivity index (χ1n) is 5.14. The van der Waals surface area contributed by atoms with Crippen LogP contribution in [-0.4, -0.2) is 7.11 Å². The van der Waals surface area contributed by atoms with Crippen molar-refractivity contribution in [2.45, 2.75) is 0 Å². The molecule has 0 heterocycles. The molecule has 0 aliphatic carbocycles. The zero-order chi connectivity index (χ0) is 12.1. The van der Waals surface area contributed by atoms with Crippen molar-refractivity contribution < 1.29 is 13.8 Å². The van der Waals surface area contributed by atoms with Crippen LogP contribution in [0.1, 0.15) is 0 Å². The van der Waals surface area contributed by atoms with Crippen molar-refractivity contribution >= 4 is 13.3 Å². The van der Waals surface area contributed by atoms with Gasteiger partial charge in [0.15, 0.2) is 5.75 Å². The molecule has 0 aliphatic rings. The predicted molar refractivity (Wildman–Crippen MR) is 67.3 cm³/mol. The van der Waals surface area contributed by atoms with Crippen LogP contribution in [0.15, 0.2) is 54.6 Å². The highest BCUT2D eigenvalue weighted by molar-refractivity contribution is 7.48. The van der Waals surface area contributed by atoms with Crippen molar-refractivity contribution in [3.05, 3.63) is 54.6 Å². The van der Waals surface area contributed by atoms with Gasteiger partial charge in [0.2, 0.25) is 5.30 Å². The van der Waals surface area contributed by atoms with Gasteiger partial charge >= 0.3 is 8.03 Å². The summed E-state index contributed by atoms with van der Waals surface area (Å²) in [5.41, 5.74) is 0. The zero-order valence-electron chi connectivity index (χ0n) is 9.37. The number of benzene rings is 2. The van der Waals surface area contributed by atoms with E-state index in [1.807, 2.05) is 18.2 Å². The fourth-order valence-electron chi connectivity index (χ4n) is 1.33. The fraction of sp³-hybridized carbons (Fsp3) is 0.0769. The maximum Gasteiger partial charge on any atom is 0.597 e. The summed E-state index contributed by atoms with van der Waals surface area (Å²) >= 11 is 0. The Morgan fingerprint density at radius 3 is 2.12 bits per heavy atom. The van der Waals surface area contributed by atoms with E-state index in [0.717, 1.165) is 5.75 Å². The highest BCUT2D eigenvalue weighted by atomic mass is 31.1. The van der Waals surface area contributed by atoms with Crippen molar-refractivity contribution in [2.24, 2.45) is 0 Å². The first-order valence-corrected chi connectivity index (χ1v) is 6.31. The van der Waals surface area contributed by atoms with Gasteiger partial charge in [-0.1, -0.05) is 18.2 Å². The Morgan fingerprint density at radius 1 is 0.882 bits per heavy atom. The molecule has 0 bridgehead atoms. The summed E-state index contributed by atoms with van der Waals surface area (Å²) in [6.45, 7) is 0. The molecule has 2 aromatic rings. The first-order chi connectivity index (χ1) is 8.29. The number of rotatable bonds is 4. The topological polar surface area (TPSA) is 35.5 Å². The minimum Gasteiger partial charge on any atom is -0.497 e. The molecule has 1 unspecified atom stereocenters. The van der Waals surface area contributed by atoms with Crippen LogP contribution < -0.4 is 14.6 Å². The van der Waals surface area contributed by atoms with E-state index in [4.69, 9.17) is 9.26 Å². The van der Waals surface area contributed by atoms with Crippen LogP contribution >= 0.6 is 8.03 Å². The van der Waals surface area contributed by atoms with Crippen molar-refractivity contribution in [1.29, 1.82) is 0 Å². The van der Waals surface area contributed by atoms with Crippen LogP contribution in [0.4, 0.5) is 0 Å². The van der Waals surface area contributed by atoms with Gasteiger partial charge < -0.3 is 4.74 Å². The second-order valence-corrected chi connectivity index (χ2v) is 4.57. The van der Waals surface area contributed by atoms with E-state index in [2.05, 4.69) is 0 Å². The molecule has 4 heteroatoms. The molecule has 1 atom stereocenters. The monoisotopic (exact) mass is 247 g/mol. The number of hydrogen-bond donors (Lipinski definition) is 0. The molecule has 0 spiro atoms. The standard InChI is InChI=1S/C13H12O3P/c1-15-11-7-9-13(10-8-11)17(14)16-12-5-3-2-4-6-12/h2-10H,1H3/q+1. The summed E-state index contributed by atoms with van der Waals surface area (Å²) in [5.74, 6) is 1.33. The zero-order valence-corrected chi connectivity index (χ0v) is 10.3. The highest BCUT2D eigenvalue weighted by Gasteiger charge is 2.23. The van der Waals surface area contributed by atoms with Gasteiger partial charge in [-0.15, -0.1) is 0 Å². The van der Waals surface area contributed by atoms with Gasteiger partial charge in [-0.3, -0.25) is 4.52 Å². The Bertz CT molecular complexity index is 494. The Morgan fingerprint density at radius 2 is 1.53 bits per heavy atom. The number of methoxy groups -OCH3 is 1. The van der Waals surface area contributed by atoms with E-state index in [0.29, 0.717) is 11.1 Å². The molecule has 2 aromatic carbocycles. The molecule has 2 rings (SSSR count). The number of ether oxygens (including phenoxy) is 1. The fourth-order valence-corrected chi connectivity index (χ4v) is 2.14. The van der Waals surface area contributed by atoms with Gasteiger partial charge in [0.1, 0.15) is 5.75 Å². The van der Waals surface area contributed by atoms with Gasteiger partial charge in [-0.05, 0) is 41.0 Å². The molecule has 0 N–H and O–H groups in total. The van der Waals surface area contributed by atoms with Crippen LogP contribution in [0.2, 0.25) is 0 Å². The van der Waals surface area contributed by atoms with E-state index >= 15 is 0 Å². The molecule has 0 fully saturated rings. The second kappa shape index (κ2) is 5.46. The molecular weight excluding hydrogens is 235 g/mol. The lowest BCUT2D eigenvalue weighted by molar-refractivity contribution is 0.415. The highest BCUT2D eigenvalue weighted by Crippen LogP contribution is 2.26. The third-order valence-corrected chi connectivity index (χ3v) is 3.31. The van der Waals surface area contributed by atoms with E-state index in [1.165, 1.54) is 0 Å². The van der Waals surface area contributed by atoms with Crippen LogP contribution in [-0.2, 0) is 4.57 Å². The summed E-state index contributed by atoms with van der Waals surface area (Å²) < 4.78 is 22.3. The molecular formula is C13H12O3P+. The Balaban J connectivity index is 2.09. The molecule has 0 aromatic heterocycles. The molecule has 17 heavy (non-hydrogen) atoms. The maximum atomic E-state index is 11.9. The van der Waals surface area contributed by atoms with Crippen LogP contribution in [0, 0.1) is 0 Å². The molecule has 3 nitrogen and oxygen atoms in total. The summed E-state index contributed by atoms with van der Waals surface area (Å²) in [6.07, 6.45) is 0. The Labute approximate surface area is 101 Å². The predicted octanol–water partition coefficient (Wildman–Crippen LogP) is 3.14. The minimum atomic E-state index is -1.87. The lowest BCUT2D eigenvalue weighted by Gasteiger charge is -1.96. The quantitative estimate of drug-likeness (QED) is 0.778. The lowest BCUT2D eigenvalue weighted by Crippen LogP contribution is -1.99. The molecule has 0 amide bonds. The lowest BCUT2D eigenvalue weighted by atomic mass is 10.3. The average molecular weight is 247 g/mol. The normalized spacial score (nSPS) is 10.8. The Hall–Kier alpha value is -1.86. The van der Waals surface area contributed by atoms with E-state index < -0.39 is 8.03 Å². The second-order valence-electron chi connectivity index (χ2n) is 3.36. The van der Waals surface area contributed by atoms with E-state index in [1.54, 1.807) is 43.5 Å². The van der Waals surface area contributed by atoms with E-state index in [9.17, 15) is 4.57 Å². The number of para-hydroxylation sites is 1. The van der Waals surface area contributed by atoms with Gasteiger partial charge in [0.05, 0.1) is 7.11 Å². The third-order valence-electron chi connectivity index (χ3n) is 2.21. The van der Waals surface area contributed by atoms with Gasteiger partial charge in [0.25, 0.3) is 0 Å². The molecule has 86 valence electrons. The summed E-state index contributed by atoms with van der Waals surface area (Å²) in [4.78, 5) is 0. The summed E-state index contributed by atoms with van der Waals surface area (Å²) in [6, 6.07) is 16.1.